The zero-order valence-electron chi connectivity index (χ0n) is 16.3. The molecule has 1 unspecified atom stereocenters. The maximum absolute atomic E-state index is 13.0. The van der Waals surface area contributed by atoms with Gasteiger partial charge in [-0.2, -0.15) is 5.10 Å². The number of aromatic nitrogens is 2. The van der Waals surface area contributed by atoms with E-state index >= 15 is 0 Å². The zero-order valence-corrected chi connectivity index (χ0v) is 16.3. The largest absolute Gasteiger partial charge is 0.467 e. The van der Waals surface area contributed by atoms with Gasteiger partial charge in [-0.05, 0) is 35.2 Å². The average molecular weight is 389 g/mol. The van der Waals surface area contributed by atoms with Crippen molar-refractivity contribution in [2.45, 2.75) is 31.8 Å². The minimum absolute atomic E-state index is 0.0534. The number of carbonyl (C=O) groups is 2. The number of para-hydroxylation sites is 1. The Morgan fingerprint density at radius 3 is 2.55 bits per heavy atom. The Morgan fingerprint density at radius 1 is 1.07 bits per heavy atom. The van der Waals surface area contributed by atoms with E-state index in [0.29, 0.717) is 25.8 Å². The number of ether oxygens (including phenoxy) is 1. The molecule has 4 rings (SSSR count). The maximum atomic E-state index is 13.0. The third-order valence-corrected chi connectivity index (χ3v) is 5.33. The quantitative estimate of drug-likeness (QED) is 0.630. The molecule has 1 aliphatic rings. The van der Waals surface area contributed by atoms with Gasteiger partial charge in [0.05, 0.1) is 19.0 Å². The maximum Gasteiger partial charge on any atom is 0.328 e. The van der Waals surface area contributed by atoms with E-state index in [9.17, 15) is 9.59 Å². The summed E-state index contributed by atoms with van der Waals surface area (Å²) in [7, 11) is 1.36. The molecule has 3 aromatic rings. The lowest BCUT2D eigenvalue weighted by Gasteiger charge is -2.35. The van der Waals surface area contributed by atoms with Crippen molar-refractivity contribution >= 4 is 11.9 Å². The molecule has 0 aliphatic carbocycles. The van der Waals surface area contributed by atoms with Crippen molar-refractivity contribution < 1.29 is 14.3 Å². The highest BCUT2D eigenvalue weighted by molar-refractivity contribution is 5.85. The summed E-state index contributed by atoms with van der Waals surface area (Å²) in [6.07, 6.45) is 5.09. The van der Waals surface area contributed by atoms with Crippen molar-refractivity contribution in [3.8, 4) is 5.69 Å². The number of benzene rings is 2. The first kappa shape index (κ1) is 18.9. The van der Waals surface area contributed by atoms with E-state index in [0.717, 1.165) is 22.4 Å². The third kappa shape index (κ3) is 4.06. The van der Waals surface area contributed by atoms with Crippen molar-refractivity contribution in [1.82, 2.24) is 14.7 Å². The molecule has 0 bridgehead atoms. The van der Waals surface area contributed by atoms with Crippen LogP contribution in [0.4, 0.5) is 0 Å². The van der Waals surface area contributed by atoms with Crippen LogP contribution < -0.4 is 0 Å². The molecule has 2 aromatic carbocycles. The highest BCUT2D eigenvalue weighted by Gasteiger charge is 2.34. The van der Waals surface area contributed by atoms with Crippen LogP contribution in [0.1, 0.15) is 23.1 Å². The number of esters is 1. The first-order valence-corrected chi connectivity index (χ1v) is 9.69. The molecule has 1 aromatic heterocycles. The molecule has 1 aliphatic heterocycles. The number of hydrogen-bond donors (Lipinski definition) is 0. The summed E-state index contributed by atoms with van der Waals surface area (Å²) in [5, 5.41) is 4.38. The fraction of sp³-hybridized carbons (Fsp3) is 0.261. The van der Waals surface area contributed by atoms with Crippen molar-refractivity contribution in [3.63, 3.8) is 0 Å². The van der Waals surface area contributed by atoms with E-state index in [4.69, 9.17) is 4.74 Å². The van der Waals surface area contributed by atoms with E-state index in [-0.39, 0.29) is 11.9 Å². The summed E-state index contributed by atoms with van der Waals surface area (Å²) in [6.45, 7) is 0.429. The van der Waals surface area contributed by atoms with Gasteiger partial charge in [-0.15, -0.1) is 0 Å². The Hall–Kier alpha value is -3.41. The van der Waals surface area contributed by atoms with Gasteiger partial charge in [0.15, 0.2) is 0 Å². The summed E-state index contributed by atoms with van der Waals surface area (Å²) in [6, 6.07) is 17.2. The van der Waals surface area contributed by atoms with Crippen LogP contribution in [0, 0.1) is 0 Å². The number of fused-ring (bicyclic) bond motifs is 1. The Balaban J connectivity index is 1.46. The predicted octanol–water partition coefficient (Wildman–Crippen LogP) is 2.93. The molecule has 6 nitrogen and oxygen atoms in total. The van der Waals surface area contributed by atoms with Crippen LogP contribution in [0.5, 0.6) is 0 Å². The minimum Gasteiger partial charge on any atom is -0.467 e. The SMILES string of the molecule is COC(=O)C1Cc2ccccc2CN1C(=O)CCc1cnn(-c2ccccc2)c1. The number of amides is 1. The number of hydrogen-bond acceptors (Lipinski definition) is 4. The monoisotopic (exact) mass is 389 g/mol. The van der Waals surface area contributed by atoms with Gasteiger partial charge in [-0.1, -0.05) is 42.5 Å². The predicted molar refractivity (Wildman–Crippen MR) is 108 cm³/mol. The van der Waals surface area contributed by atoms with Crippen LogP contribution in [0.15, 0.2) is 67.0 Å². The standard InChI is InChI=1S/C23H23N3O3/c1-29-23(28)21-13-18-7-5-6-8-19(18)16-25(21)22(27)12-11-17-14-24-26(15-17)20-9-3-2-4-10-20/h2-10,14-15,21H,11-13,16H2,1H3. The van der Waals surface area contributed by atoms with E-state index in [2.05, 4.69) is 5.10 Å². The first-order valence-electron chi connectivity index (χ1n) is 9.69. The van der Waals surface area contributed by atoms with Gasteiger partial charge in [0.1, 0.15) is 6.04 Å². The van der Waals surface area contributed by atoms with Crippen LogP contribution in [-0.2, 0) is 33.7 Å². The minimum atomic E-state index is -0.575. The molecule has 29 heavy (non-hydrogen) atoms. The summed E-state index contributed by atoms with van der Waals surface area (Å²) in [4.78, 5) is 26.9. The molecule has 0 saturated heterocycles. The van der Waals surface area contributed by atoms with Crippen LogP contribution in [0.25, 0.3) is 5.69 Å². The van der Waals surface area contributed by atoms with Crippen LogP contribution in [0.3, 0.4) is 0 Å². The van der Waals surface area contributed by atoms with Crippen molar-refractivity contribution in [2.75, 3.05) is 7.11 Å². The first-order chi connectivity index (χ1) is 14.2. The van der Waals surface area contributed by atoms with Gasteiger partial charge >= 0.3 is 5.97 Å². The number of nitrogens with zero attached hydrogens (tertiary/aromatic N) is 3. The Bertz CT molecular complexity index is 1010. The topological polar surface area (TPSA) is 64.4 Å². The lowest BCUT2D eigenvalue weighted by atomic mass is 9.93. The van der Waals surface area contributed by atoms with Crippen LogP contribution >= 0.6 is 0 Å². The average Bonchev–Trinajstić information content (AvgIpc) is 3.25. The molecule has 0 radical (unpaired) electrons. The van der Waals surface area contributed by atoms with Gasteiger partial charge in [-0.3, -0.25) is 4.79 Å². The van der Waals surface area contributed by atoms with Gasteiger partial charge < -0.3 is 9.64 Å². The summed E-state index contributed by atoms with van der Waals surface area (Å²) >= 11 is 0. The molecule has 2 heterocycles. The van der Waals surface area contributed by atoms with Crippen LogP contribution in [0.2, 0.25) is 0 Å². The van der Waals surface area contributed by atoms with E-state index < -0.39 is 6.04 Å². The number of aryl methyl sites for hydroxylation is 1. The molecule has 148 valence electrons. The smallest absolute Gasteiger partial charge is 0.328 e. The fourth-order valence-corrected chi connectivity index (χ4v) is 3.74. The molecule has 0 saturated carbocycles. The summed E-state index contributed by atoms with van der Waals surface area (Å²) in [5.74, 6) is -0.424. The van der Waals surface area contributed by atoms with Gasteiger partial charge in [-0.25, -0.2) is 9.48 Å². The molecule has 0 fully saturated rings. The fourth-order valence-electron chi connectivity index (χ4n) is 3.74. The molecule has 1 atom stereocenters. The number of rotatable bonds is 5. The summed E-state index contributed by atoms with van der Waals surface area (Å²) < 4.78 is 6.75. The van der Waals surface area contributed by atoms with E-state index in [1.807, 2.05) is 60.8 Å². The second-order valence-electron chi connectivity index (χ2n) is 7.16. The highest BCUT2D eigenvalue weighted by Crippen LogP contribution is 2.25. The van der Waals surface area contributed by atoms with E-state index in [1.165, 1.54) is 7.11 Å². The molecular weight excluding hydrogens is 366 g/mol. The third-order valence-electron chi connectivity index (χ3n) is 5.33. The lowest BCUT2D eigenvalue weighted by Crippen LogP contribution is -2.49. The normalized spacial score (nSPS) is 15.6. The Morgan fingerprint density at radius 2 is 1.79 bits per heavy atom. The second kappa shape index (κ2) is 8.31. The highest BCUT2D eigenvalue weighted by atomic mass is 16.5. The lowest BCUT2D eigenvalue weighted by molar-refractivity contribution is -0.154. The van der Waals surface area contributed by atoms with Gasteiger partial charge in [0.25, 0.3) is 0 Å². The Labute approximate surface area is 169 Å². The van der Waals surface area contributed by atoms with Crippen molar-refractivity contribution in [2.24, 2.45) is 0 Å². The Kier molecular flexibility index (Phi) is 5.42. The van der Waals surface area contributed by atoms with Crippen molar-refractivity contribution in [1.29, 1.82) is 0 Å². The summed E-state index contributed by atoms with van der Waals surface area (Å²) in [5.41, 5.74) is 4.13. The van der Waals surface area contributed by atoms with Crippen molar-refractivity contribution in [3.05, 3.63) is 83.7 Å². The zero-order chi connectivity index (χ0) is 20.2. The van der Waals surface area contributed by atoms with Gasteiger partial charge in [0, 0.05) is 25.6 Å². The van der Waals surface area contributed by atoms with Gasteiger partial charge in [0.2, 0.25) is 5.91 Å². The van der Waals surface area contributed by atoms with E-state index in [1.54, 1.807) is 15.8 Å². The molecular formula is C23H23N3O3. The second-order valence-corrected chi connectivity index (χ2v) is 7.16. The molecule has 0 N–H and O–H groups in total. The van der Waals surface area contributed by atoms with Crippen LogP contribution in [-0.4, -0.2) is 39.7 Å². The molecule has 0 spiro atoms. The number of carbonyl (C=O) groups excluding carboxylic acids is 2. The molecule has 6 heteroatoms. The number of methoxy groups -OCH3 is 1. The molecule has 1 amide bonds.